The predicted octanol–water partition coefficient (Wildman–Crippen LogP) is 7.12. The van der Waals surface area contributed by atoms with Crippen molar-refractivity contribution in [2.24, 2.45) is 10.8 Å². The van der Waals surface area contributed by atoms with Gasteiger partial charge in [-0.2, -0.15) is 0 Å². The molecule has 0 saturated carbocycles. The molecule has 0 aliphatic heterocycles. The molecule has 1 rings (SSSR count). The van der Waals surface area contributed by atoms with Gasteiger partial charge in [-0.15, -0.1) is 0 Å². The van der Waals surface area contributed by atoms with Gasteiger partial charge < -0.3 is 10.2 Å². The van der Waals surface area contributed by atoms with Crippen LogP contribution in [0.4, 0.5) is 0 Å². The molecule has 0 bridgehead atoms. The summed E-state index contributed by atoms with van der Waals surface area (Å²) in [5, 5.41) is 18.5. The van der Waals surface area contributed by atoms with Gasteiger partial charge in [-0.3, -0.25) is 9.59 Å². The Hall–Kier alpha value is -1.84. The van der Waals surface area contributed by atoms with Gasteiger partial charge in [-0.1, -0.05) is 44.2 Å². The van der Waals surface area contributed by atoms with Crippen LogP contribution in [0, 0.1) is 24.7 Å². The van der Waals surface area contributed by atoms with Crippen molar-refractivity contribution in [2.75, 3.05) is 0 Å². The first kappa shape index (κ1) is 27.2. The van der Waals surface area contributed by atoms with Crippen LogP contribution in [0.5, 0.6) is 0 Å². The van der Waals surface area contributed by atoms with Crippen LogP contribution in [0.1, 0.15) is 108 Å². The van der Waals surface area contributed by atoms with Crippen LogP contribution in [0.15, 0.2) is 12.1 Å². The second-order valence-corrected chi connectivity index (χ2v) is 10.5. The summed E-state index contributed by atoms with van der Waals surface area (Å²) in [6, 6.07) is 4.49. The number of aliphatic carboxylic acids is 2. The van der Waals surface area contributed by atoms with Gasteiger partial charge in [0.15, 0.2) is 0 Å². The van der Waals surface area contributed by atoms with Gasteiger partial charge in [0.1, 0.15) is 0 Å². The number of carbonyl (C=O) groups is 2. The summed E-state index contributed by atoms with van der Waals surface area (Å²) < 4.78 is 0. The molecule has 31 heavy (non-hydrogen) atoms. The zero-order valence-electron chi connectivity index (χ0n) is 20.6. The maximum Gasteiger partial charge on any atom is 0.309 e. The minimum atomic E-state index is -0.713. The average Bonchev–Trinajstić information content (AvgIpc) is 2.68. The van der Waals surface area contributed by atoms with Crippen molar-refractivity contribution in [3.63, 3.8) is 0 Å². The van der Waals surface area contributed by atoms with Crippen LogP contribution in [0.3, 0.4) is 0 Å². The third-order valence-corrected chi connectivity index (χ3v) is 6.85. The maximum absolute atomic E-state index is 11.2. The fourth-order valence-corrected chi connectivity index (χ4v) is 4.01. The molecule has 0 heterocycles. The number of hydrogen-bond donors (Lipinski definition) is 2. The van der Waals surface area contributed by atoms with Crippen LogP contribution >= 0.6 is 0 Å². The highest BCUT2D eigenvalue weighted by molar-refractivity contribution is 5.73. The van der Waals surface area contributed by atoms with E-state index in [1.165, 1.54) is 22.3 Å². The summed E-state index contributed by atoms with van der Waals surface area (Å²) in [5.41, 5.74) is 4.40. The Morgan fingerprint density at radius 2 is 1.16 bits per heavy atom. The second-order valence-electron chi connectivity index (χ2n) is 10.5. The number of unbranched alkanes of at least 4 members (excludes halogenated alkanes) is 5. The maximum atomic E-state index is 11.2. The molecule has 176 valence electrons. The molecule has 4 heteroatoms. The predicted molar refractivity (Wildman–Crippen MR) is 128 cm³/mol. The molecule has 2 N–H and O–H groups in total. The number of hydrogen-bond acceptors (Lipinski definition) is 2. The van der Waals surface area contributed by atoms with Crippen LogP contribution in [0.2, 0.25) is 0 Å². The summed E-state index contributed by atoms with van der Waals surface area (Å²) >= 11 is 0. The quantitative estimate of drug-likeness (QED) is 0.289. The van der Waals surface area contributed by atoms with Crippen molar-refractivity contribution in [1.29, 1.82) is 0 Å². The number of benzene rings is 1. The third kappa shape index (κ3) is 9.04. The number of carboxylic acids is 2. The van der Waals surface area contributed by atoms with E-state index in [-0.39, 0.29) is 0 Å². The molecule has 1 aromatic carbocycles. The van der Waals surface area contributed by atoms with E-state index in [1.807, 2.05) is 0 Å². The van der Waals surface area contributed by atoms with Gasteiger partial charge in [-0.25, -0.2) is 0 Å². The molecule has 0 amide bonds. The Bertz CT molecular complexity index is 731. The van der Waals surface area contributed by atoms with E-state index in [0.717, 1.165) is 70.6 Å². The van der Waals surface area contributed by atoms with E-state index < -0.39 is 22.8 Å². The van der Waals surface area contributed by atoms with Gasteiger partial charge in [0.05, 0.1) is 10.8 Å². The third-order valence-electron chi connectivity index (χ3n) is 6.85. The van der Waals surface area contributed by atoms with E-state index in [4.69, 9.17) is 0 Å². The standard InChI is InChI=1S/C27H44O4/c1-20-16-17-22(14-10-9-13-19-27(5,6)25(30)31)23(21(20)2)15-11-7-8-12-18-26(3,4)24(28)29/h16-17H,7-15,18-19H2,1-6H3,(H,28,29)(H,30,31). The van der Waals surface area contributed by atoms with Crippen LogP contribution in [0.25, 0.3) is 0 Å². The smallest absolute Gasteiger partial charge is 0.309 e. The average molecular weight is 433 g/mol. The molecular weight excluding hydrogens is 388 g/mol. The highest BCUT2D eigenvalue weighted by atomic mass is 16.4. The lowest BCUT2D eigenvalue weighted by Crippen LogP contribution is -2.23. The zero-order valence-corrected chi connectivity index (χ0v) is 20.6. The monoisotopic (exact) mass is 432 g/mol. The summed E-state index contributed by atoms with van der Waals surface area (Å²) in [5.74, 6) is -1.42. The molecule has 0 radical (unpaired) electrons. The summed E-state index contributed by atoms with van der Waals surface area (Å²) in [6.45, 7) is 11.6. The second kappa shape index (κ2) is 12.3. The summed E-state index contributed by atoms with van der Waals surface area (Å²) in [7, 11) is 0. The Morgan fingerprint density at radius 3 is 1.68 bits per heavy atom. The summed E-state index contributed by atoms with van der Waals surface area (Å²) in [6.07, 6.45) is 11.0. The highest BCUT2D eigenvalue weighted by Crippen LogP contribution is 2.27. The van der Waals surface area contributed by atoms with Crippen molar-refractivity contribution < 1.29 is 19.8 Å². The molecule has 0 fully saturated rings. The lowest BCUT2D eigenvalue weighted by Gasteiger charge is -2.19. The normalized spacial score (nSPS) is 12.2. The van der Waals surface area contributed by atoms with Crippen molar-refractivity contribution in [2.45, 2.75) is 112 Å². The van der Waals surface area contributed by atoms with E-state index in [2.05, 4.69) is 26.0 Å². The zero-order chi connectivity index (χ0) is 23.7. The Balaban J connectivity index is 2.49. The molecule has 0 atom stereocenters. The number of carboxylic acid groups (broad SMARTS) is 2. The Kier molecular flexibility index (Phi) is 10.8. The molecule has 0 saturated heterocycles. The minimum Gasteiger partial charge on any atom is -0.481 e. The van der Waals surface area contributed by atoms with Crippen LogP contribution < -0.4 is 0 Å². The van der Waals surface area contributed by atoms with Gasteiger partial charge in [0, 0.05) is 0 Å². The van der Waals surface area contributed by atoms with Crippen molar-refractivity contribution in [1.82, 2.24) is 0 Å². The summed E-state index contributed by atoms with van der Waals surface area (Å²) in [4.78, 5) is 22.5. The Labute approximate surface area is 189 Å². The molecular formula is C27H44O4. The SMILES string of the molecule is Cc1ccc(CCCCCC(C)(C)C(=O)O)c(CCCCCCC(C)(C)C(=O)O)c1C. The fourth-order valence-electron chi connectivity index (χ4n) is 4.01. The lowest BCUT2D eigenvalue weighted by atomic mass is 9.86. The van der Waals surface area contributed by atoms with Gasteiger partial charge >= 0.3 is 11.9 Å². The number of aryl methyl sites for hydroxylation is 2. The minimum absolute atomic E-state index is 0.625. The van der Waals surface area contributed by atoms with Gasteiger partial charge in [-0.05, 0) is 102 Å². The van der Waals surface area contributed by atoms with Crippen molar-refractivity contribution >= 4 is 11.9 Å². The lowest BCUT2D eigenvalue weighted by molar-refractivity contribution is -0.148. The Morgan fingerprint density at radius 1 is 0.710 bits per heavy atom. The fraction of sp³-hybridized carbons (Fsp3) is 0.704. The number of rotatable bonds is 15. The van der Waals surface area contributed by atoms with E-state index in [1.54, 1.807) is 27.7 Å². The molecule has 0 aliphatic rings. The van der Waals surface area contributed by atoms with E-state index >= 15 is 0 Å². The van der Waals surface area contributed by atoms with E-state index in [0.29, 0.717) is 0 Å². The van der Waals surface area contributed by atoms with Gasteiger partial charge in [0.2, 0.25) is 0 Å². The first-order valence-electron chi connectivity index (χ1n) is 11.9. The van der Waals surface area contributed by atoms with Crippen molar-refractivity contribution in [3.05, 3.63) is 34.4 Å². The molecule has 1 aromatic rings. The van der Waals surface area contributed by atoms with Crippen LogP contribution in [-0.4, -0.2) is 22.2 Å². The first-order valence-corrected chi connectivity index (χ1v) is 11.9. The molecule has 0 aliphatic carbocycles. The largest absolute Gasteiger partial charge is 0.481 e. The molecule has 0 spiro atoms. The van der Waals surface area contributed by atoms with Gasteiger partial charge in [0.25, 0.3) is 0 Å². The van der Waals surface area contributed by atoms with Crippen molar-refractivity contribution in [3.8, 4) is 0 Å². The highest BCUT2D eigenvalue weighted by Gasteiger charge is 2.26. The molecule has 4 nitrogen and oxygen atoms in total. The molecule has 0 aromatic heterocycles. The van der Waals surface area contributed by atoms with Crippen LogP contribution in [-0.2, 0) is 22.4 Å². The topological polar surface area (TPSA) is 74.6 Å². The van der Waals surface area contributed by atoms with E-state index in [9.17, 15) is 19.8 Å². The first-order chi connectivity index (χ1) is 14.4. The molecule has 0 unspecified atom stereocenters.